The first kappa shape index (κ1) is 19.9. The predicted molar refractivity (Wildman–Crippen MR) is 77.9 cm³/mol. The fourth-order valence-corrected chi connectivity index (χ4v) is 1.53. The third-order valence-electron chi connectivity index (χ3n) is 2.62. The average Bonchev–Trinajstić information content (AvgIpc) is 2.47. The van der Waals surface area contributed by atoms with E-state index in [4.69, 9.17) is 18.9 Å². The minimum atomic E-state index is -0.873. The Morgan fingerprint density at radius 1 is 0.714 bits per heavy atom. The Morgan fingerprint density at radius 2 is 1.14 bits per heavy atom. The van der Waals surface area contributed by atoms with Gasteiger partial charge in [-0.2, -0.15) is 0 Å². The van der Waals surface area contributed by atoms with E-state index in [1.807, 2.05) is 13.8 Å². The summed E-state index contributed by atoms with van der Waals surface area (Å²) >= 11 is 0. The van der Waals surface area contributed by atoms with E-state index in [1.54, 1.807) is 6.92 Å². The summed E-state index contributed by atoms with van der Waals surface area (Å²) in [6, 6.07) is 0. The predicted octanol–water partition coefficient (Wildman–Crippen LogP) is 1.95. The standard InChI is InChI=1S/C15H28O6/c1-4-7-18-9-11-20-14(16)13(6-3)15(17)21-12-10-19-8-5-2/h13H,4-12H2,1-3H3. The number of hydrogen-bond acceptors (Lipinski definition) is 6. The average molecular weight is 304 g/mol. The highest BCUT2D eigenvalue weighted by Gasteiger charge is 2.27. The summed E-state index contributed by atoms with van der Waals surface area (Å²) in [5.74, 6) is -1.99. The van der Waals surface area contributed by atoms with Crippen molar-refractivity contribution >= 4 is 11.9 Å². The smallest absolute Gasteiger partial charge is 0.320 e. The summed E-state index contributed by atoms with van der Waals surface area (Å²) in [5.41, 5.74) is 0. The zero-order valence-corrected chi connectivity index (χ0v) is 13.4. The molecule has 0 spiro atoms. The van der Waals surface area contributed by atoms with E-state index in [0.717, 1.165) is 12.8 Å². The van der Waals surface area contributed by atoms with E-state index in [2.05, 4.69) is 0 Å². The maximum absolute atomic E-state index is 11.8. The normalized spacial score (nSPS) is 10.7. The number of esters is 2. The highest BCUT2D eigenvalue weighted by atomic mass is 16.6. The Labute approximate surface area is 127 Å². The lowest BCUT2D eigenvalue weighted by atomic mass is 10.1. The third kappa shape index (κ3) is 10.3. The maximum Gasteiger partial charge on any atom is 0.320 e. The van der Waals surface area contributed by atoms with Gasteiger partial charge in [0.15, 0.2) is 5.92 Å². The van der Waals surface area contributed by atoms with Gasteiger partial charge >= 0.3 is 11.9 Å². The summed E-state index contributed by atoms with van der Waals surface area (Å²) in [6.07, 6.45) is 2.18. The molecule has 0 aromatic rings. The van der Waals surface area contributed by atoms with Gasteiger partial charge in [-0.05, 0) is 19.3 Å². The number of rotatable bonds is 13. The van der Waals surface area contributed by atoms with Crippen molar-refractivity contribution in [1.29, 1.82) is 0 Å². The van der Waals surface area contributed by atoms with Crippen LogP contribution in [-0.4, -0.2) is 51.6 Å². The Balaban J connectivity index is 3.88. The molecule has 124 valence electrons. The summed E-state index contributed by atoms with van der Waals surface area (Å²) in [7, 11) is 0. The van der Waals surface area contributed by atoms with Crippen LogP contribution in [0, 0.1) is 5.92 Å². The van der Waals surface area contributed by atoms with Crippen molar-refractivity contribution in [1.82, 2.24) is 0 Å². The second kappa shape index (κ2) is 13.8. The number of carbonyl (C=O) groups excluding carboxylic acids is 2. The molecule has 0 N–H and O–H groups in total. The Bertz CT molecular complexity index is 253. The van der Waals surface area contributed by atoms with Gasteiger partial charge in [-0.15, -0.1) is 0 Å². The monoisotopic (exact) mass is 304 g/mol. The van der Waals surface area contributed by atoms with Gasteiger partial charge in [0.25, 0.3) is 0 Å². The second-order valence-electron chi connectivity index (χ2n) is 4.52. The lowest BCUT2D eigenvalue weighted by Crippen LogP contribution is -2.29. The SMILES string of the molecule is CCCOCCOC(=O)C(CC)C(=O)OCCOCCC. The Kier molecular flexibility index (Phi) is 13.1. The van der Waals surface area contributed by atoms with Crippen LogP contribution in [0.5, 0.6) is 0 Å². The molecule has 0 unspecified atom stereocenters. The van der Waals surface area contributed by atoms with Gasteiger partial charge in [0, 0.05) is 13.2 Å². The first-order chi connectivity index (χ1) is 10.2. The maximum atomic E-state index is 11.8. The van der Waals surface area contributed by atoms with Crippen LogP contribution >= 0.6 is 0 Å². The van der Waals surface area contributed by atoms with Gasteiger partial charge in [-0.25, -0.2) is 0 Å². The third-order valence-corrected chi connectivity index (χ3v) is 2.62. The minimum absolute atomic E-state index is 0.155. The van der Waals surface area contributed by atoms with Crippen LogP contribution in [0.15, 0.2) is 0 Å². The van der Waals surface area contributed by atoms with Gasteiger partial charge in [0.05, 0.1) is 13.2 Å². The van der Waals surface area contributed by atoms with E-state index in [-0.39, 0.29) is 13.2 Å². The number of carbonyl (C=O) groups is 2. The van der Waals surface area contributed by atoms with E-state index in [9.17, 15) is 9.59 Å². The number of hydrogen-bond donors (Lipinski definition) is 0. The molecule has 0 rings (SSSR count). The molecule has 0 saturated heterocycles. The first-order valence-electron chi connectivity index (χ1n) is 7.66. The largest absolute Gasteiger partial charge is 0.463 e. The molecule has 0 fully saturated rings. The molecule has 0 saturated carbocycles. The van der Waals surface area contributed by atoms with Gasteiger partial charge in [-0.3, -0.25) is 9.59 Å². The second-order valence-corrected chi connectivity index (χ2v) is 4.52. The van der Waals surface area contributed by atoms with Crippen LogP contribution in [0.3, 0.4) is 0 Å². The van der Waals surface area contributed by atoms with Crippen LogP contribution in [0.25, 0.3) is 0 Å². The number of ether oxygens (including phenoxy) is 4. The molecule has 21 heavy (non-hydrogen) atoms. The zero-order valence-electron chi connectivity index (χ0n) is 13.4. The molecule has 6 heteroatoms. The first-order valence-corrected chi connectivity index (χ1v) is 7.66. The van der Waals surface area contributed by atoms with Gasteiger partial charge in [-0.1, -0.05) is 20.8 Å². The highest BCUT2D eigenvalue weighted by molar-refractivity contribution is 5.94. The van der Waals surface area contributed by atoms with E-state index >= 15 is 0 Å². The van der Waals surface area contributed by atoms with Crippen molar-refractivity contribution in [2.45, 2.75) is 40.0 Å². The van der Waals surface area contributed by atoms with E-state index < -0.39 is 17.9 Å². The lowest BCUT2D eigenvalue weighted by molar-refractivity contribution is -0.163. The minimum Gasteiger partial charge on any atom is -0.463 e. The van der Waals surface area contributed by atoms with Gasteiger partial charge in [0.2, 0.25) is 0 Å². The molecule has 0 aliphatic heterocycles. The molecule has 0 aliphatic carbocycles. The van der Waals surface area contributed by atoms with Gasteiger partial charge in [0.1, 0.15) is 13.2 Å². The van der Waals surface area contributed by atoms with Crippen LogP contribution in [0.1, 0.15) is 40.0 Å². The molecule has 0 aromatic carbocycles. The summed E-state index contributed by atoms with van der Waals surface area (Å²) < 4.78 is 20.4. The summed E-state index contributed by atoms with van der Waals surface area (Å²) in [4.78, 5) is 23.5. The van der Waals surface area contributed by atoms with Crippen LogP contribution in [-0.2, 0) is 28.5 Å². The van der Waals surface area contributed by atoms with Crippen molar-refractivity contribution in [3.8, 4) is 0 Å². The molecule has 6 nitrogen and oxygen atoms in total. The molecule has 0 aromatic heterocycles. The topological polar surface area (TPSA) is 71.1 Å². The fraction of sp³-hybridized carbons (Fsp3) is 0.867. The van der Waals surface area contributed by atoms with Crippen molar-refractivity contribution < 1.29 is 28.5 Å². The Morgan fingerprint density at radius 3 is 1.48 bits per heavy atom. The van der Waals surface area contributed by atoms with E-state index in [1.165, 1.54) is 0 Å². The van der Waals surface area contributed by atoms with Crippen LogP contribution in [0.2, 0.25) is 0 Å². The summed E-state index contributed by atoms with van der Waals surface area (Å²) in [5, 5.41) is 0. The molecule has 0 atom stereocenters. The molecule has 0 heterocycles. The Hall–Kier alpha value is -1.14. The zero-order chi connectivity index (χ0) is 15.9. The van der Waals surface area contributed by atoms with Gasteiger partial charge < -0.3 is 18.9 Å². The van der Waals surface area contributed by atoms with Crippen LogP contribution < -0.4 is 0 Å². The molecule has 0 radical (unpaired) electrons. The van der Waals surface area contributed by atoms with Crippen molar-refractivity contribution in [3.63, 3.8) is 0 Å². The van der Waals surface area contributed by atoms with Crippen LogP contribution in [0.4, 0.5) is 0 Å². The molecular weight excluding hydrogens is 276 g/mol. The molecule has 0 bridgehead atoms. The fourth-order valence-electron chi connectivity index (χ4n) is 1.53. The molecular formula is C15H28O6. The van der Waals surface area contributed by atoms with E-state index in [0.29, 0.717) is 32.8 Å². The quantitative estimate of drug-likeness (QED) is 0.294. The molecule has 0 aliphatic rings. The summed E-state index contributed by atoms with van der Waals surface area (Å²) in [6.45, 7) is 8.01. The highest BCUT2D eigenvalue weighted by Crippen LogP contribution is 2.08. The van der Waals surface area contributed by atoms with Crippen molar-refractivity contribution in [2.75, 3.05) is 39.6 Å². The van der Waals surface area contributed by atoms with Crippen molar-refractivity contribution in [2.24, 2.45) is 5.92 Å². The molecule has 0 amide bonds. The lowest BCUT2D eigenvalue weighted by Gasteiger charge is -2.13. The van der Waals surface area contributed by atoms with Crippen molar-refractivity contribution in [3.05, 3.63) is 0 Å².